The van der Waals surface area contributed by atoms with Gasteiger partial charge in [0.15, 0.2) is 0 Å². The van der Waals surface area contributed by atoms with Crippen LogP contribution < -0.4 is 5.32 Å². The molecule has 8 heteroatoms. The number of aryl methyl sites for hydroxylation is 1. The first-order valence-electron chi connectivity index (χ1n) is 6.67. The number of carboxylic acid groups (broad SMARTS) is 1. The van der Waals surface area contributed by atoms with Crippen molar-refractivity contribution in [1.82, 2.24) is 25.2 Å². The molecule has 8 nitrogen and oxygen atoms in total. The van der Waals surface area contributed by atoms with Gasteiger partial charge >= 0.3 is 12.0 Å². The van der Waals surface area contributed by atoms with Gasteiger partial charge in [0.2, 0.25) is 0 Å². The Morgan fingerprint density at radius 3 is 2.85 bits per heavy atom. The van der Waals surface area contributed by atoms with Crippen molar-refractivity contribution in [3.05, 3.63) is 12.4 Å². The normalized spacial score (nSPS) is 21.9. The molecule has 1 aromatic rings. The summed E-state index contributed by atoms with van der Waals surface area (Å²) in [7, 11) is 0. The summed E-state index contributed by atoms with van der Waals surface area (Å²) < 4.78 is 1.70. The molecule has 0 aliphatic carbocycles. The van der Waals surface area contributed by atoms with E-state index in [1.54, 1.807) is 22.0 Å². The minimum absolute atomic E-state index is 0.00611. The van der Waals surface area contributed by atoms with Crippen molar-refractivity contribution in [2.45, 2.75) is 19.9 Å². The van der Waals surface area contributed by atoms with Crippen LogP contribution in [0.5, 0.6) is 0 Å². The van der Waals surface area contributed by atoms with Crippen molar-refractivity contribution >= 4 is 12.0 Å². The number of likely N-dealkylation sites (tertiary alicyclic amines) is 1. The Hall–Kier alpha value is -2.12. The molecule has 2 atom stereocenters. The third kappa shape index (κ3) is 3.46. The molecule has 0 bridgehead atoms. The van der Waals surface area contributed by atoms with Gasteiger partial charge in [-0.3, -0.25) is 9.48 Å². The Bertz CT molecular complexity index is 462. The molecule has 2 amide bonds. The number of carbonyl (C=O) groups excluding carboxylic acids is 1. The lowest BCUT2D eigenvalue weighted by atomic mass is 9.99. The molecular formula is C12H19N5O3. The third-order valence-electron chi connectivity index (χ3n) is 3.53. The van der Waals surface area contributed by atoms with E-state index in [4.69, 9.17) is 5.11 Å². The fraction of sp³-hybridized carbons (Fsp3) is 0.667. The maximum atomic E-state index is 11.9. The molecule has 0 saturated carbocycles. The van der Waals surface area contributed by atoms with E-state index in [1.807, 2.05) is 6.92 Å². The molecule has 2 heterocycles. The summed E-state index contributed by atoms with van der Waals surface area (Å²) in [6.07, 6.45) is 4.12. The van der Waals surface area contributed by atoms with Crippen molar-refractivity contribution in [3.63, 3.8) is 0 Å². The highest BCUT2D eigenvalue weighted by molar-refractivity contribution is 5.77. The highest BCUT2D eigenvalue weighted by Gasteiger charge is 2.36. The van der Waals surface area contributed by atoms with Gasteiger partial charge in [-0.2, -0.15) is 0 Å². The molecular weight excluding hydrogens is 262 g/mol. The van der Waals surface area contributed by atoms with Crippen LogP contribution in [0.2, 0.25) is 0 Å². The quantitative estimate of drug-likeness (QED) is 0.742. The van der Waals surface area contributed by atoms with Crippen molar-refractivity contribution in [3.8, 4) is 0 Å². The van der Waals surface area contributed by atoms with Crippen LogP contribution in [-0.4, -0.2) is 56.6 Å². The minimum Gasteiger partial charge on any atom is -0.481 e. The largest absolute Gasteiger partial charge is 0.481 e. The molecule has 110 valence electrons. The average molecular weight is 281 g/mol. The molecule has 2 rings (SSSR count). The molecule has 1 saturated heterocycles. The maximum absolute atomic E-state index is 11.9. The standard InChI is InChI=1S/C12H19N5O3/c1-9-7-16(8-10(9)11(18)19)12(20)13-3-2-5-17-6-4-14-15-17/h4,6,9-10H,2-3,5,7-8H2,1H3,(H,13,20)(H,18,19). The summed E-state index contributed by atoms with van der Waals surface area (Å²) in [5.74, 6) is -1.30. The second-order valence-corrected chi connectivity index (χ2v) is 5.08. The van der Waals surface area contributed by atoms with Crippen LogP contribution in [0.1, 0.15) is 13.3 Å². The van der Waals surface area contributed by atoms with Crippen molar-refractivity contribution in [2.24, 2.45) is 11.8 Å². The van der Waals surface area contributed by atoms with E-state index in [1.165, 1.54) is 0 Å². The highest BCUT2D eigenvalue weighted by atomic mass is 16.4. The molecule has 0 radical (unpaired) electrons. The fourth-order valence-corrected chi connectivity index (χ4v) is 2.35. The molecule has 2 unspecified atom stereocenters. The molecule has 1 fully saturated rings. The van der Waals surface area contributed by atoms with Gasteiger partial charge in [0.05, 0.1) is 12.1 Å². The van der Waals surface area contributed by atoms with E-state index in [0.717, 1.165) is 6.42 Å². The molecule has 0 aromatic carbocycles. The number of aromatic nitrogens is 3. The third-order valence-corrected chi connectivity index (χ3v) is 3.53. The van der Waals surface area contributed by atoms with Crippen LogP contribution in [-0.2, 0) is 11.3 Å². The molecule has 2 N–H and O–H groups in total. The Kier molecular flexibility index (Phi) is 4.54. The first-order chi connectivity index (χ1) is 9.58. The maximum Gasteiger partial charge on any atom is 0.317 e. The van der Waals surface area contributed by atoms with E-state index in [9.17, 15) is 9.59 Å². The van der Waals surface area contributed by atoms with Gasteiger partial charge in [0.25, 0.3) is 0 Å². The second-order valence-electron chi connectivity index (χ2n) is 5.08. The Morgan fingerprint density at radius 2 is 2.25 bits per heavy atom. The van der Waals surface area contributed by atoms with Crippen LogP contribution in [0.3, 0.4) is 0 Å². The van der Waals surface area contributed by atoms with Gasteiger partial charge in [-0.05, 0) is 12.3 Å². The monoisotopic (exact) mass is 281 g/mol. The number of nitrogens with one attached hydrogen (secondary N) is 1. The van der Waals surface area contributed by atoms with Crippen LogP contribution >= 0.6 is 0 Å². The number of amides is 2. The highest BCUT2D eigenvalue weighted by Crippen LogP contribution is 2.22. The van der Waals surface area contributed by atoms with Gasteiger partial charge in [-0.1, -0.05) is 12.1 Å². The van der Waals surface area contributed by atoms with Gasteiger partial charge in [0.1, 0.15) is 0 Å². The Balaban J connectivity index is 1.69. The zero-order valence-electron chi connectivity index (χ0n) is 11.4. The predicted octanol–water partition coefficient (Wildman–Crippen LogP) is 0.0303. The lowest BCUT2D eigenvalue weighted by Crippen LogP contribution is -2.39. The number of hydrogen-bond acceptors (Lipinski definition) is 4. The zero-order valence-corrected chi connectivity index (χ0v) is 11.4. The van der Waals surface area contributed by atoms with E-state index < -0.39 is 11.9 Å². The van der Waals surface area contributed by atoms with Crippen LogP contribution in [0.4, 0.5) is 4.79 Å². The Morgan fingerprint density at radius 1 is 1.45 bits per heavy atom. The number of aliphatic carboxylic acids is 1. The van der Waals surface area contributed by atoms with Crippen molar-refractivity contribution in [2.75, 3.05) is 19.6 Å². The summed E-state index contributed by atoms with van der Waals surface area (Å²) in [6, 6.07) is -0.195. The second kappa shape index (κ2) is 6.36. The SMILES string of the molecule is CC1CN(C(=O)NCCCn2ccnn2)CC1C(=O)O. The van der Waals surface area contributed by atoms with E-state index in [0.29, 0.717) is 19.6 Å². The lowest BCUT2D eigenvalue weighted by Gasteiger charge is -2.16. The van der Waals surface area contributed by atoms with Gasteiger partial charge < -0.3 is 15.3 Å². The minimum atomic E-state index is -0.834. The summed E-state index contributed by atoms with van der Waals surface area (Å²) in [4.78, 5) is 24.5. The zero-order chi connectivity index (χ0) is 14.5. The van der Waals surface area contributed by atoms with Crippen LogP contribution in [0.25, 0.3) is 0 Å². The first-order valence-corrected chi connectivity index (χ1v) is 6.67. The van der Waals surface area contributed by atoms with Gasteiger partial charge in [-0.15, -0.1) is 5.10 Å². The lowest BCUT2D eigenvalue weighted by molar-refractivity contribution is -0.142. The number of urea groups is 1. The fourth-order valence-electron chi connectivity index (χ4n) is 2.35. The van der Waals surface area contributed by atoms with Crippen LogP contribution in [0.15, 0.2) is 12.4 Å². The summed E-state index contributed by atoms with van der Waals surface area (Å²) in [5.41, 5.74) is 0. The summed E-state index contributed by atoms with van der Waals surface area (Å²) >= 11 is 0. The average Bonchev–Trinajstić information content (AvgIpc) is 3.03. The van der Waals surface area contributed by atoms with Gasteiger partial charge in [-0.25, -0.2) is 4.79 Å². The molecule has 1 aromatic heterocycles. The number of hydrogen-bond donors (Lipinski definition) is 2. The predicted molar refractivity (Wildman–Crippen MR) is 69.9 cm³/mol. The molecule has 1 aliphatic rings. The molecule has 1 aliphatic heterocycles. The van der Waals surface area contributed by atoms with E-state index in [-0.39, 0.29) is 18.5 Å². The Labute approximate surface area is 116 Å². The summed E-state index contributed by atoms with van der Waals surface area (Å²) in [6.45, 7) is 3.85. The molecule has 20 heavy (non-hydrogen) atoms. The topological polar surface area (TPSA) is 100 Å². The summed E-state index contributed by atoms with van der Waals surface area (Å²) in [5, 5.41) is 19.4. The van der Waals surface area contributed by atoms with Gasteiger partial charge in [0, 0.05) is 32.4 Å². The van der Waals surface area contributed by atoms with Crippen LogP contribution in [0, 0.1) is 11.8 Å². The molecule has 0 spiro atoms. The van der Waals surface area contributed by atoms with E-state index >= 15 is 0 Å². The van der Waals surface area contributed by atoms with E-state index in [2.05, 4.69) is 15.6 Å². The number of carbonyl (C=O) groups is 2. The smallest absolute Gasteiger partial charge is 0.317 e. The number of carboxylic acids is 1. The first kappa shape index (κ1) is 14.3. The van der Waals surface area contributed by atoms with Crippen molar-refractivity contribution in [1.29, 1.82) is 0 Å². The van der Waals surface area contributed by atoms with Crippen molar-refractivity contribution < 1.29 is 14.7 Å². The number of nitrogens with zero attached hydrogens (tertiary/aromatic N) is 4. The number of rotatable bonds is 5.